The Morgan fingerprint density at radius 1 is 1.60 bits per heavy atom. The van der Waals surface area contributed by atoms with E-state index in [-0.39, 0.29) is 5.60 Å². The molecule has 0 bridgehead atoms. The molecule has 0 aromatic rings. The Balaban J connectivity index is 2.36. The highest BCUT2D eigenvalue weighted by atomic mass is 28.4. The number of rotatable bonds is 3. The van der Waals surface area contributed by atoms with Gasteiger partial charge in [0.05, 0.1) is 12.2 Å². The number of ether oxygens (including phenoxy) is 1. The van der Waals surface area contributed by atoms with Gasteiger partial charge in [-0.05, 0) is 26.1 Å². The van der Waals surface area contributed by atoms with Crippen molar-refractivity contribution in [1.82, 2.24) is 0 Å². The molecule has 0 amide bonds. The molecule has 3 heteroatoms. The molecule has 60 valence electrons. The maximum absolute atomic E-state index is 5.41. The Labute approximate surface area is 63.7 Å². The third-order valence-corrected chi connectivity index (χ3v) is 4.69. The first-order valence-corrected chi connectivity index (χ1v) is 6.78. The molecule has 10 heavy (non-hydrogen) atoms. The topological polar surface area (TPSA) is 21.8 Å². The summed E-state index contributed by atoms with van der Waals surface area (Å²) in [6.45, 7) is 7.52. The first-order valence-electron chi connectivity index (χ1n) is 3.67. The molecular weight excluding hydrogens is 144 g/mol. The van der Waals surface area contributed by atoms with Crippen LogP contribution in [0.1, 0.15) is 6.92 Å². The largest absolute Gasteiger partial charge is 0.420 e. The zero-order valence-electron chi connectivity index (χ0n) is 7.23. The molecule has 0 spiro atoms. The van der Waals surface area contributed by atoms with Crippen LogP contribution in [0.15, 0.2) is 0 Å². The summed E-state index contributed by atoms with van der Waals surface area (Å²) in [5.74, 6) is 0. The summed E-state index contributed by atoms with van der Waals surface area (Å²) in [6.07, 6.45) is 0. The van der Waals surface area contributed by atoms with Crippen LogP contribution in [0.2, 0.25) is 19.1 Å². The molecule has 0 aliphatic carbocycles. The second kappa shape index (κ2) is 2.32. The van der Waals surface area contributed by atoms with Crippen molar-refractivity contribution in [1.29, 1.82) is 0 Å². The van der Waals surface area contributed by atoms with Crippen molar-refractivity contribution in [2.24, 2.45) is 0 Å². The summed E-state index contributed by atoms with van der Waals surface area (Å²) in [4.78, 5) is 0. The number of hydrogen-bond donors (Lipinski definition) is 0. The first-order chi connectivity index (χ1) is 4.47. The molecule has 1 fully saturated rings. The van der Waals surface area contributed by atoms with E-state index in [2.05, 4.69) is 20.0 Å². The molecule has 1 saturated heterocycles. The molecule has 1 unspecified atom stereocenters. The normalized spacial score (nSPS) is 32.4. The smallest absolute Gasteiger partial charge is 0.189 e. The van der Waals surface area contributed by atoms with E-state index in [0.717, 1.165) is 12.7 Å². The van der Waals surface area contributed by atoms with Crippen LogP contribution < -0.4 is 0 Å². The maximum Gasteiger partial charge on any atom is 0.189 e. The van der Waals surface area contributed by atoms with E-state index in [1.54, 1.807) is 7.11 Å². The van der Waals surface area contributed by atoms with Gasteiger partial charge in [0.2, 0.25) is 0 Å². The van der Waals surface area contributed by atoms with Gasteiger partial charge < -0.3 is 9.16 Å². The fourth-order valence-corrected chi connectivity index (χ4v) is 3.35. The van der Waals surface area contributed by atoms with Crippen LogP contribution >= 0.6 is 0 Å². The average Bonchev–Trinajstić information content (AvgIpc) is 2.47. The van der Waals surface area contributed by atoms with E-state index in [1.165, 1.54) is 0 Å². The third kappa shape index (κ3) is 2.07. The first kappa shape index (κ1) is 8.24. The average molecular weight is 160 g/mol. The Kier molecular flexibility index (Phi) is 1.91. The quantitative estimate of drug-likeness (QED) is 0.462. The lowest BCUT2D eigenvalue weighted by molar-refractivity contribution is 0.323. The van der Waals surface area contributed by atoms with Gasteiger partial charge in [0.25, 0.3) is 0 Å². The zero-order chi connectivity index (χ0) is 7.83. The predicted molar refractivity (Wildman–Crippen MR) is 43.7 cm³/mol. The molecule has 1 rings (SSSR count). The van der Waals surface area contributed by atoms with E-state index in [9.17, 15) is 0 Å². The van der Waals surface area contributed by atoms with Gasteiger partial charge in [0.15, 0.2) is 8.32 Å². The fraction of sp³-hybridized carbons (Fsp3) is 1.00. The molecule has 1 atom stereocenters. The summed E-state index contributed by atoms with van der Waals surface area (Å²) in [5, 5.41) is 0. The lowest BCUT2D eigenvalue weighted by Crippen LogP contribution is -2.33. The van der Waals surface area contributed by atoms with Crippen molar-refractivity contribution in [2.45, 2.75) is 31.7 Å². The standard InChI is InChI=1S/C7H16O2Si/c1-7(5-9-7)6-10(3,4)8-2/h5-6H2,1-4H3. The fourth-order valence-electron chi connectivity index (χ4n) is 1.20. The summed E-state index contributed by atoms with van der Waals surface area (Å²) in [5.41, 5.74) is 0.172. The summed E-state index contributed by atoms with van der Waals surface area (Å²) in [6, 6.07) is 1.12. The van der Waals surface area contributed by atoms with Crippen LogP contribution in [-0.2, 0) is 9.16 Å². The molecule has 0 saturated carbocycles. The van der Waals surface area contributed by atoms with Gasteiger partial charge in [0, 0.05) is 7.11 Å². The number of epoxide rings is 1. The van der Waals surface area contributed by atoms with E-state index in [0.29, 0.717) is 0 Å². The zero-order valence-corrected chi connectivity index (χ0v) is 8.23. The highest BCUT2D eigenvalue weighted by Gasteiger charge is 2.44. The van der Waals surface area contributed by atoms with E-state index in [4.69, 9.17) is 9.16 Å². The third-order valence-electron chi connectivity index (χ3n) is 1.99. The van der Waals surface area contributed by atoms with Gasteiger partial charge in [-0.15, -0.1) is 0 Å². The van der Waals surface area contributed by atoms with Crippen LogP contribution in [0.3, 0.4) is 0 Å². The van der Waals surface area contributed by atoms with Crippen LogP contribution in [-0.4, -0.2) is 27.6 Å². The lowest BCUT2D eigenvalue weighted by Gasteiger charge is -2.21. The molecule has 0 radical (unpaired) electrons. The monoisotopic (exact) mass is 160 g/mol. The molecule has 0 aromatic heterocycles. The molecule has 2 nitrogen and oxygen atoms in total. The van der Waals surface area contributed by atoms with Crippen LogP contribution in [0.5, 0.6) is 0 Å². The van der Waals surface area contributed by atoms with Gasteiger partial charge in [-0.1, -0.05) is 0 Å². The van der Waals surface area contributed by atoms with Crippen LogP contribution in [0.4, 0.5) is 0 Å². The SMILES string of the molecule is CO[Si](C)(C)CC1(C)CO1. The van der Waals surface area contributed by atoms with E-state index >= 15 is 0 Å². The highest BCUT2D eigenvalue weighted by molar-refractivity contribution is 6.71. The minimum Gasteiger partial charge on any atom is -0.420 e. The summed E-state index contributed by atoms with van der Waals surface area (Å²) < 4.78 is 10.7. The molecule has 1 heterocycles. The Bertz CT molecular complexity index is 130. The molecule has 0 N–H and O–H groups in total. The molecule has 1 aliphatic heterocycles. The van der Waals surface area contributed by atoms with Crippen molar-refractivity contribution < 1.29 is 9.16 Å². The van der Waals surface area contributed by atoms with Crippen LogP contribution in [0, 0.1) is 0 Å². The van der Waals surface area contributed by atoms with Crippen molar-refractivity contribution in [3.63, 3.8) is 0 Å². The summed E-state index contributed by atoms with van der Waals surface area (Å²) >= 11 is 0. The second-order valence-electron chi connectivity index (χ2n) is 3.88. The van der Waals surface area contributed by atoms with Crippen molar-refractivity contribution in [3.8, 4) is 0 Å². The van der Waals surface area contributed by atoms with Gasteiger partial charge >= 0.3 is 0 Å². The number of hydrogen-bond acceptors (Lipinski definition) is 2. The van der Waals surface area contributed by atoms with Gasteiger partial charge in [-0.25, -0.2) is 0 Å². The molecular formula is C7H16O2Si. The van der Waals surface area contributed by atoms with Gasteiger partial charge in [0.1, 0.15) is 0 Å². The van der Waals surface area contributed by atoms with Gasteiger partial charge in [-0.3, -0.25) is 0 Å². The minimum atomic E-state index is -1.38. The highest BCUT2D eigenvalue weighted by Crippen LogP contribution is 2.35. The Hall–Kier alpha value is 0.137. The Morgan fingerprint density at radius 2 is 2.10 bits per heavy atom. The maximum atomic E-state index is 5.41. The van der Waals surface area contributed by atoms with Gasteiger partial charge in [-0.2, -0.15) is 0 Å². The Morgan fingerprint density at radius 3 is 2.40 bits per heavy atom. The lowest BCUT2D eigenvalue weighted by atomic mass is 10.3. The second-order valence-corrected chi connectivity index (χ2v) is 8.16. The summed E-state index contributed by atoms with van der Waals surface area (Å²) in [7, 11) is 0.428. The predicted octanol–water partition coefficient (Wildman–Crippen LogP) is 1.63. The van der Waals surface area contributed by atoms with E-state index in [1.807, 2.05) is 0 Å². The van der Waals surface area contributed by atoms with Crippen molar-refractivity contribution in [3.05, 3.63) is 0 Å². The molecule has 1 aliphatic rings. The van der Waals surface area contributed by atoms with Crippen molar-refractivity contribution in [2.75, 3.05) is 13.7 Å². The van der Waals surface area contributed by atoms with Crippen LogP contribution in [0.25, 0.3) is 0 Å². The molecule has 0 aromatic carbocycles. The minimum absolute atomic E-state index is 0.172. The van der Waals surface area contributed by atoms with E-state index < -0.39 is 8.32 Å². The van der Waals surface area contributed by atoms with Crippen molar-refractivity contribution >= 4 is 8.32 Å².